The molecule has 0 aromatic carbocycles. The van der Waals surface area contributed by atoms with Crippen molar-refractivity contribution in [2.45, 2.75) is 0 Å². The van der Waals surface area contributed by atoms with Crippen LogP contribution in [-0.4, -0.2) is 30.7 Å². The average molecular weight is 271 g/mol. The van der Waals surface area contributed by atoms with Gasteiger partial charge in [-0.1, -0.05) is 11.6 Å². The fraction of sp³-hybridized carbons (Fsp3) is 0.333. The van der Waals surface area contributed by atoms with Crippen molar-refractivity contribution in [3.8, 4) is 0 Å². The number of nitrogens with two attached hydrogens (primary N) is 1. The van der Waals surface area contributed by atoms with Gasteiger partial charge in [0.2, 0.25) is 15.3 Å². The predicted molar refractivity (Wildman–Crippen MR) is 58.5 cm³/mol. The standard InChI is InChI=1S/C6H8Cl2N4O2S/c7-4-3-11-6(8)12-5(4)10-1-2-15(9,13)14/h3H,1-2H2,(H2,9,13,14)(H,10,11,12). The summed E-state index contributed by atoms with van der Waals surface area (Å²) in [4.78, 5) is 7.40. The lowest BCUT2D eigenvalue weighted by atomic mass is 10.5. The van der Waals surface area contributed by atoms with Crippen LogP contribution >= 0.6 is 23.2 Å². The zero-order valence-electron chi connectivity index (χ0n) is 7.44. The van der Waals surface area contributed by atoms with Crippen LogP contribution in [0.5, 0.6) is 0 Å². The van der Waals surface area contributed by atoms with E-state index in [9.17, 15) is 8.42 Å². The van der Waals surface area contributed by atoms with E-state index in [4.69, 9.17) is 28.3 Å². The quantitative estimate of drug-likeness (QED) is 0.776. The van der Waals surface area contributed by atoms with E-state index < -0.39 is 10.0 Å². The Hall–Kier alpha value is -0.630. The van der Waals surface area contributed by atoms with Crippen molar-refractivity contribution < 1.29 is 8.42 Å². The molecule has 0 atom stereocenters. The van der Waals surface area contributed by atoms with Gasteiger partial charge in [0.15, 0.2) is 0 Å². The van der Waals surface area contributed by atoms with E-state index in [0.717, 1.165) is 0 Å². The first kappa shape index (κ1) is 12.4. The predicted octanol–water partition coefficient (Wildman–Crippen LogP) is 0.484. The Morgan fingerprint density at radius 1 is 1.47 bits per heavy atom. The fourth-order valence-corrected chi connectivity index (χ4v) is 1.46. The topological polar surface area (TPSA) is 98.0 Å². The number of rotatable bonds is 4. The van der Waals surface area contributed by atoms with Crippen molar-refractivity contribution in [2.75, 3.05) is 17.6 Å². The van der Waals surface area contributed by atoms with Crippen LogP contribution in [0, 0.1) is 0 Å². The minimum absolute atomic E-state index is 0.0255. The molecule has 0 aliphatic carbocycles. The van der Waals surface area contributed by atoms with Gasteiger partial charge in [0.25, 0.3) is 0 Å². The molecule has 0 aliphatic heterocycles. The molecule has 0 unspecified atom stereocenters. The minimum Gasteiger partial charge on any atom is -0.368 e. The molecule has 0 amide bonds. The molecule has 0 spiro atoms. The van der Waals surface area contributed by atoms with Crippen LogP contribution in [0.15, 0.2) is 6.20 Å². The Morgan fingerprint density at radius 2 is 2.13 bits per heavy atom. The Balaban J connectivity index is 2.61. The molecule has 0 aliphatic rings. The number of halogens is 2. The lowest BCUT2D eigenvalue weighted by molar-refractivity contribution is 0.598. The number of nitrogens with zero attached hydrogens (tertiary/aromatic N) is 2. The van der Waals surface area contributed by atoms with Gasteiger partial charge in [-0.3, -0.25) is 0 Å². The van der Waals surface area contributed by atoms with E-state index in [-0.39, 0.29) is 28.4 Å². The average Bonchev–Trinajstić information content (AvgIpc) is 2.09. The van der Waals surface area contributed by atoms with Gasteiger partial charge in [0, 0.05) is 6.54 Å². The van der Waals surface area contributed by atoms with E-state index in [1.165, 1.54) is 6.20 Å². The van der Waals surface area contributed by atoms with Gasteiger partial charge in [-0.2, -0.15) is 4.98 Å². The van der Waals surface area contributed by atoms with Gasteiger partial charge < -0.3 is 5.32 Å². The summed E-state index contributed by atoms with van der Waals surface area (Å²) < 4.78 is 21.2. The first-order valence-corrected chi connectivity index (χ1v) is 6.28. The third kappa shape index (κ3) is 4.61. The molecule has 0 radical (unpaired) electrons. The van der Waals surface area contributed by atoms with Crippen molar-refractivity contribution in [1.82, 2.24) is 9.97 Å². The molecule has 84 valence electrons. The van der Waals surface area contributed by atoms with Crippen molar-refractivity contribution in [3.05, 3.63) is 16.5 Å². The molecule has 3 N–H and O–H groups in total. The molecule has 0 bridgehead atoms. The number of nitrogens with one attached hydrogen (secondary N) is 1. The third-order valence-electron chi connectivity index (χ3n) is 1.39. The monoisotopic (exact) mass is 270 g/mol. The van der Waals surface area contributed by atoms with Gasteiger partial charge in [0.05, 0.1) is 11.9 Å². The highest BCUT2D eigenvalue weighted by Gasteiger charge is 2.06. The Labute approximate surface area is 96.9 Å². The summed E-state index contributed by atoms with van der Waals surface area (Å²) >= 11 is 11.2. The molecular weight excluding hydrogens is 263 g/mol. The van der Waals surface area contributed by atoms with Crippen LogP contribution in [-0.2, 0) is 10.0 Å². The SMILES string of the molecule is NS(=O)(=O)CCNc1nc(Cl)ncc1Cl. The second kappa shape index (κ2) is 4.93. The van der Waals surface area contributed by atoms with Crippen LogP contribution in [0.1, 0.15) is 0 Å². The van der Waals surface area contributed by atoms with Crippen molar-refractivity contribution in [2.24, 2.45) is 5.14 Å². The van der Waals surface area contributed by atoms with Gasteiger partial charge in [0.1, 0.15) is 10.8 Å². The highest BCUT2D eigenvalue weighted by Crippen LogP contribution is 2.18. The van der Waals surface area contributed by atoms with E-state index in [0.29, 0.717) is 0 Å². The van der Waals surface area contributed by atoms with Crippen molar-refractivity contribution in [3.63, 3.8) is 0 Å². The Bertz CT molecular complexity index is 450. The lowest BCUT2D eigenvalue weighted by Gasteiger charge is -2.05. The van der Waals surface area contributed by atoms with Crippen LogP contribution in [0.4, 0.5) is 5.82 Å². The molecule has 6 nitrogen and oxygen atoms in total. The number of aromatic nitrogens is 2. The zero-order chi connectivity index (χ0) is 11.5. The minimum atomic E-state index is -3.50. The number of anilines is 1. The number of primary sulfonamides is 1. The molecule has 1 aromatic heterocycles. The van der Waals surface area contributed by atoms with E-state index in [2.05, 4.69) is 15.3 Å². The van der Waals surface area contributed by atoms with Crippen molar-refractivity contribution in [1.29, 1.82) is 0 Å². The first-order chi connectivity index (χ1) is 6.88. The van der Waals surface area contributed by atoms with Gasteiger partial charge >= 0.3 is 0 Å². The third-order valence-corrected chi connectivity index (χ3v) is 2.63. The molecule has 0 fully saturated rings. The number of hydrogen-bond donors (Lipinski definition) is 2. The van der Waals surface area contributed by atoms with Crippen molar-refractivity contribution >= 4 is 39.0 Å². The maximum Gasteiger partial charge on any atom is 0.224 e. The molecular formula is C6H8Cl2N4O2S. The van der Waals surface area contributed by atoms with Crippen LogP contribution in [0.2, 0.25) is 10.3 Å². The molecule has 1 rings (SSSR count). The Morgan fingerprint density at radius 3 is 2.73 bits per heavy atom. The Kier molecular flexibility index (Phi) is 4.09. The largest absolute Gasteiger partial charge is 0.368 e. The van der Waals surface area contributed by atoms with Crippen LogP contribution in [0.25, 0.3) is 0 Å². The van der Waals surface area contributed by atoms with E-state index >= 15 is 0 Å². The highest BCUT2D eigenvalue weighted by atomic mass is 35.5. The summed E-state index contributed by atoms with van der Waals surface area (Å²) in [6.07, 6.45) is 1.32. The normalized spacial score (nSPS) is 11.4. The summed E-state index contributed by atoms with van der Waals surface area (Å²) in [5.74, 6) is 0.0608. The summed E-state index contributed by atoms with van der Waals surface area (Å²) in [5, 5.41) is 7.78. The fourth-order valence-electron chi connectivity index (χ4n) is 0.781. The van der Waals surface area contributed by atoms with Gasteiger partial charge in [-0.25, -0.2) is 18.5 Å². The summed E-state index contributed by atoms with van der Waals surface area (Å²) in [6.45, 7) is 0.103. The van der Waals surface area contributed by atoms with Gasteiger partial charge in [-0.05, 0) is 11.6 Å². The summed E-state index contributed by atoms with van der Waals surface area (Å²) in [7, 11) is -3.50. The smallest absolute Gasteiger partial charge is 0.224 e. The van der Waals surface area contributed by atoms with Gasteiger partial charge in [-0.15, -0.1) is 0 Å². The first-order valence-electron chi connectivity index (χ1n) is 3.81. The van der Waals surface area contributed by atoms with E-state index in [1.54, 1.807) is 0 Å². The zero-order valence-corrected chi connectivity index (χ0v) is 9.77. The van der Waals surface area contributed by atoms with E-state index in [1.807, 2.05) is 0 Å². The maximum absolute atomic E-state index is 10.6. The number of sulfonamides is 1. The van der Waals surface area contributed by atoms with Crippen LogP contribution in [0.3, 0.4) is 0 Å². The highest BCUT2D eigenvalue weighted by molar-refractivity contribution is 7.89. The second-order valence-corrected chi connectivity index (χ2v) is 5.11. The molecule has 0 saturated carbocycles. The molecule has 1 heterocycles. The summed E-state index contributed by atoms with van der Waals surface area (Å²) in [6, 6.07) is 0. The van der Waals surface area contributed by atoms with Crippen LogP contribution < -0.4 is 10.5 Å². The second-order valence-electron chi connectivity index (χ2n) is 2.63. The maximum atomic E-state index is 10.6. The lowest BCUT2D eigenvalue weighted by Crippen LogP contribution is -2.22. The molecule has 0 saturated heterocycles. The molecule has 1 aromatic rings. The number of hydrogen-bond acceptors (Lipinski definition) is 5. The molecule has 9 heteroatoms. The summed E-state index contributed by atoms with van der Waals surface area (Å²) in [5.41, 5.74) is 0. The molecule has 15 heavy (non-hydrogen) atoms.